The molecular formula is C16H17F2NO2. The molecule has 0 aliphatic carbocycles. The van der Waals surface area contributed by atoms with Crippen LogP contribution < -0.4 is 10.1 Å². The maximum atomic E-state index is 13.2. The minimum atomic E-state index is -0.666. The third-order valence-electron chi connectivity index (χ3n) is 2.83. The first-order valence-corrected chi connectivity index (χ1v) is 6.60. The molecule has 0 unspecified atom stereocenters. The lowest BCUT2D eigenvalue weighted by Gasteiger charge is -2.12. The van der Waals surface area contributed by atoms with Crippen LogP contribution in [0.2, 0.25) is 0 Å². The number of hydrogen-bond donors (Lipinski definition) is 1. The molecule has 0 radical (unpaired) electrons. The summed E-state index contributed by atoms with van der Waals surface area (Å²) in [6, 6.07) is 10.5. The van der Waals surface area contributed by atoms with Crippen molar-refractivity contribution < 1.29 is 18.3 Å². The van der Waals surface area contributed by atoms with Gasteiger partial charge < -0.3 is 14.8 Å². The van der Waals surface area contributed by atoms with Gasteiger partial charge in [0, 0.05) is 44.0 Å². The molecule has 0 aliphatic heterocycles. The molecule has 0 saturated carbocycles. The Kier molecular flexibility index (Phi) is 5.66. The number of benzene rings is 2. The van der Waals surface area contributed by atoms with E-state index in [1.165, 1.54) is 0 Å². The average molecular weight is 293 g/mol. The lowest BCUT2D eigenvalue weighted by Crippen LogP contribution is -2.18. The second kappa shape index (κ2) is 7.71. The molecule has 0 spiro atoms. The number of hydrogen-bond acceptors (Lipinski definition) is 3. The van der Waals surface area contributed by atoms with Crippen molar-refractivity contribution in [1.29, 1.82) is 0 Å². The zero-order valence-corrected chi connectivity index (χ0v) is 11.7. The highest BCUT2D eigenvalue weighted by atomic mass is 19.1. The van der Waals surface area contributed by atoms with Crippen molar-refractivity contribution in [3.63, 3.8) is 0 Å². The van der Waals surface area contributed by atoms with Gasteiger partial charge in [0.1, 0.15) is 23.1 Å². The first-order valence-electron chi connectivity index (χ1n) is 6.60. The smallest absolute Gasteiger partial charge is 0.133 e. The molecule has 0 bridgehead atoms. The monoisotopic (exact) mass is 293 g/mol. The van der Waals surface area contributed by atoms with Crippen LogP contribution >= 0.6 is 0 Å². The molecule has 1 N–H and O–H groups in total. The molecule has 2 aromatic carbocycles. The van der Waals surface area contributed by atoms with Gasteiger partial charge in [0.25, 0.3) is 0 Å². The lowest BCUT2D eigenvalue weighted by molar-refractivity contribution is 0.199. The Bertz CT molecular complexity index is 570. The average Bonchev–Trinajstić information content (AvgIpc) is 2.44. The van der Waals surface area contributed by atoms with Crippen molar-refractivity contribution >= 4 is 0 Å². The summed E-state index contributed by atoms with van der Waals surface area (Å²) in [6.07, 6.45) is 0. The van der Waals surface area contributed by atoms with Crippen LogP contribution in [0.1, 0.15) is 5.56 Å². The Morgan fingerprint density at radius 2 is 1.76 bits per heavy atom. The van der Waals surface area contributed by atoms with Gasteiger partial charge in [-0.25, -0.2) is 8.78 Å². The van der Waals surface area contributed by atoms with Crippen molar-refractivity contribution in [1.82, 2.24) is 5.32 Å². The molecule has 0 amide bonds. The van der Waals surface area contributed by atoms with E-state index in [9.17, 15) is 8.78 Å². The Hall–Kier alpha value is -1.98. The van der Waals surface area contributed by atoms with Crippen molar-refractivity contribution in [2.45, 2.75) is 6.54 Å². The highest BCUT2D eigenvalue weighted by Crippen LogP contribution is 2.26. The van der Waals surface area contributed by atoms with Crippen LogP contribution in [-0.2, 0) is 11.3 Å². The van der Waals surface area contributed by atoms with Gasteiger partial charge >= 0.3 is 0 Å². The van der Waals surface area contributed by atoms with Crippen LogP contribution in [0, 0.1) is 11.6 Å². The normalized spacial score (nSPS) is 10.6. The summed E-state index contributed by atoms with van der Waals surface area (Å²) >= 11 is 0. The molecule has 0 aromatic heterocycles. The summed E-state index contributed by atoms with van der Waals surface area (Å²) in [4.78, 5) is 0. The molecule has 2 rings (SSSR count). The molecule has 5 heteroatoms. The van der Waals surface area contributed by atoms with Gasteiger partial charge in [-0.3, -0.25) is 0 Å². The van der Waals surface area contributed by atoms with Crippen LogP contribution in [0.15, 0.2) is 42.5 Å². The molecule has 2 aromatic rings. The third kappa shape index (κ3) is 4.81. The molecular weight excluding hydrogens is 276 g/mol. The van der Waals surface area contributed by atoms with Crippen molar-refractivity contribution in [2.75, 3.05) is 20.3 Å². The lowest BCUT2D eigenvalue weighted by atomic mass is 10.2. The molecule has 21 heavy (non-hydrogen) atoms. The predicted octanol–water partition coefficient (Wildman–Crippen LogP) is 3.49. The van der Waals surface area contributed by atoms with E-state index in [1.54, 1.807) is 13.2 Å². The van der Waals surface area contributed by atoms with Crippen LogP contribution in [-0.4, -0.2) is 20.3 Å². The van der Waals surface area contributed by atoms with Crippen LogP contribution in [0.3, 0.4) is 0 Å². The highest BCUT2D eigenvalue weighted by Gasteiger charge is 2.06. The van der Waals surface area contributed by atoms with Gasteiger partial charge in [-0.1, -0.05) is 18.2 Å². The van der Waals surface area contributed by atoms with Gasteiger partial charge in [-0.2, -0.15) is 0 Å². The van der Waals surface area contributed by atoms with E-state index in [0.29, 0.717) is 25.4 Å². The molecule has 0 aliphatic rings. The molecule has 0 saturated heterocycles. The second-order valence-corrected chi connectivity index (χ2v) is 4.48. The van der Waals surface area contributed by atoms with Crippen molar-refractivity contribution in [2.24, 2.45) is 0 Å². The van der Waals surface area contributed by atoms with Gasteiger partial charge in [0.05, 0.1) is 6.61 Å². The quantitative estimate of drug-likeness (QED) is 0.793. The summed E-state index contributed by atoms with van der Waals surface area (Å²) in [7, 11) is 1.64. The first kappa shape index (κ1) is 15.4. The standard InChI is InChI=1S/C16H17F2NO2/c1-20-7-6-19-11-12-4-2-3-5-16(12)21-15-9-13(17)8-14(18)10-15/h2-5,8-10,19H,6-7,11H2,1H3. The van der Waals surface area contributed by atoms with Gasteiger partial charge in [0.2, 0.25) is 0 Å². The van der Waals surface area contributed by atoms with Crippen LogP contribution in [0.25, 0.3) is 0 Å². The summed E-state index contributed by atoms with van der Waals surface area (Å²) in [5.41, 5.74) is 0.901. The summed E-state index contributed by atoms with van der Waals surface area (Å²) in [5, 5.41) is 3.20. The first-order chi connectivity index (χ1) is 10.2. The fraction of sp³-hybridized carbons (Fsp3) is 0.250. The molecule has 0 fully saturated rings. The van der Waals surface area contributed by atoms with Crippen molar-refractivity contribution in [3.8, 4) is 11.5 Å². The largest absolute Gasteiger partial charge is 0.457 e. The molecule has 3 nitrogen and oxygen atoms in total. The van der Waals surface area contributed by atoms with Crippen LogP contribution in [0.5, 0.6) is 11.5 Å². The number of rotatable bonds is 7. The summed E-state index contributed by atoms with van der Waals surface area (Å²) in [5.74, 6) is -0.634. The Morgan fingerprint density at radius 3 is 2.48 bits per heavy atom. The van der Waals surface area contributed by atoms with E-state index in [-0.39, 0.29) is 5.75 Å². The molecule has 0 heterocycles. The van der Waals surface area contributed by atoms with Crippen LogP contribution in [0.4, 0.5) is 8.78 Å². The number of methoxy groups -OCH3 is 1. The maximum absolute atomic E-state index is 13.2. The van der Waals surface area contributed by atoms with Gasteiger partial charge in [0.15, 0.2) is 0 Å². The third-order valence-corrected chi connectivity index (χ3v) is 2.83. The summed E-state index contributed by atoms with van der Waals surface area (Å²) in [6.45, 7) is 1.90. The zero-order chi connectivity index (χ0) is 15.1. The van der Waals surface area contributed by atoms with Gasteiger partial charge in [-0.15, -0.1) is 0 Å². The summed E-state index contributed by atoms with van der Waals surface area (Å²) < 4.78 is 36.9. The van der Waals surface area contributed by atoms with E-state index in [4.69, 9.17) is 9.47 Å². The number of ether oxygens (including phenoxy) is 2. The fourth-order valence-electron chi connectivity index (χ4n) is 1.86. The van der Waals surface area contributed by atoms with E-state index in [0.717, 1.165) is 23.8 Å². The Balaban J connectivity index is 2.08. The highest BCUT2D eigenvalue weighted by molar-refractivity contribution is 5.38. The second-order valence-electron chi connectivity index (χ2n) is 4.48. The van der Waals surface area contributed by atoms with E-state index < -0.39 is 11.6 Å². The number of nitrogens with one attached hydrogen (secondary N) is 1. The predicted molar refractivity (Wildman–Crippen MR) is 76.5 cm³/mol. The number of para-hydroxylation sites is 1. The molecule has 0 atom stereocenters. The van der Waals surface area contributed by atoms with Crippen molar-refractivity contribution in [3.05, 3.63) is 59.7 Å². The van der Waals surface area contributed by atoms with E-state index in [2.05, 4.69) is 5.32 Å². The zero-order valence-electron chi connectivity index (χ0n) is 11.7. The minimum absolute atomic E-state index is 0.136. The Labute approximate surface area is 122 Å². The SMILES string of the molecule is COCCNCc1ccccc1Oc1cc(F)cc(F)c1. The van der Waals surface area contributed by atoms with E-state index in [1.807, 2.05) is 18.2 Å². The van der Waals surface area contributed by atoms with Gasteiger partial charge in [-0.05, 0) is 6.07 Å². The minimum Gasteiger partial charge on any atom is -0.457 e. The number of halogens is 2. The fourth-order valence-corrected chi connectivity index (χ4v) is 1.86. The van der Waals surface area contributed by atoms with E-state index >= 15 is 0 Å². The Morgan fingerprint density at radius 1 is 1.05 bits per heavy atom. The topological polar surface area (TPSA) is 30.5 Å². The maximum Gasteiger partial charge on any atom is 0.133 e. The molecule has 112 valence electrons.